The molecule has 1 aliphatic carbocycles. The first-order chi connectivity index (χ1) is 10.1. The minimum absolute atomic E-state index is 0.198. The maximum atomic E-state index is 12.5. The first-order valence-corrected chi connectivity index (χ1v) is 8.30. The van der Waals surface area contributed by atoms with E-state index in [0.717, 1.165) is 31.2 Å². The van der Waals surface area contributed by atoms with Crippen LogP contribution in [0.1, 0.15) is 33.6 Å². The van der Waals surface area contributed by atoms with Crippen LogP contribution in [-0.4, -0.2) is 5.91 Å². The minimum atomic E-state index is -0.198. The molecule has 6 heteroatoms. The van der Waals surface area contributed by atoms with Crippen LogP contribution in [0.4, 0.5) is 10.7 Å². The van der Waals surface area contributed by atoms with Gasteiger partial charge in [-0.25, -0.2) is 0 Å². The molecule has 3 nitrogen and oxygen atoms in total. The van der Waals surface area contributed by atoms with E-state index in [2.05, 4.69) is 5.32 Å². The lowest BCUT2D eigenvalue weighted by atomic mass is 9.95. The molecule has 0 atom stereocenters. The van der Waals surface area contributed by atoms with Gasteiger partial charge in [0.1, 0.15) is 0 Å². The van der Waals surface area contributed by atoms with E-state index >= 15 is 0 Å². The topological polar surface area (TPSA) is 55.1 Å². The van der Waals surface area contributed by atoms with Crippen LogP contribution in [0.3, 0.4) is 0 Å². The van der Waals surface area contributed by atoms with Crippen LogP contribution in [0, 0.1) is 0 Å². The van der Waals surface area contributed by atoms with Crippen LogP contribution in [0.2, 0.25) is 10.0 Å². The summed E-state index contributed by atoms with van der Waals surface area (Å²) >= 11 is 13.5. The lowest BCUT2D eigenvalue weighted by molar-refractivity contribution is 0.102. The lowest BCUT2D eigenvalue weighted by Crippen LogP contribution is -2.16. The number of halogens is 2. The van der Waals surface area contributed by atoms with Gasteiger partial charge in [0.25, 0.3) is 5.91 Å². The monoisotopic (exact) mass is 340 g/mol. The zero-order valence-corrected chi connectivity index (χ0v) is 13.5. The summed E-state index contributed by atoms with van der Waals surface area (Å²) in [5, 5.41) is 4.36. The number of hydrogen-bond acceptors (Lipinski definition) is 3. The molecule has 21 heavy (non-hydrogen) atoms. The number of carbonyl (C=O) groups excluding carboxylic acids is 1. The highest BCUT2D eigenvalue weighted by Crippen LogP contribution is 2.37. The van der Waals surface area contributed by atoms with Gasteiger partial charge in [-0.3, -0.25) is 4.79 Å². The molecule has 0 saturated heterocycles. The third-order valence-electron chi connectivity index (χ3n) is 3.60. The van der Waals surface area contributed by atoms with Crippen molar-refractivity contribution in [3.05, 3.63) is 44.2 Å². The van der Waals surface area contributed by atoms with Crippen molar-refractivity contribution >= 4 is 51.1 Å². The summed E-state index contributed by atoms with van der Waals surface area (Å²) in [4.78, 5) is 13.8. The Morgan fingerprint density at radius 1 is 1.24 bits per heavy atom. The van der Waals surface area contributed by atoms with E-state index < -0.39 is 0 Å². The van der Waals surface area contributed by atoms with E-state index in [-0.39, 0.29) is 5.91 Å². The van der Waals surface area contributed by atoms with Crippen molar-refractivity contribution in [1.29, 1.82) is 0 Å². The van der Waals surface area contributed by atoms with Gasteiger partial charge in [0.15, 0.2) is 0 Å². The molecule has 0 radical (unpaired) electrons. The molecule has 0 unspecified atom stereocenters. The normalized spacial score (nSPS) is 13.8. The second-order valence-corrected chi connectivity index (χ2v) is 7.01. The number of amides is 1. The minimum Gasteiger partial charge on any atom is -0.390 e. The maximum Gasteiger partial charge on any atom is 0.258 e. The zero-order valence-electron chi connectivity index (χ0n) is 11.2. The average molecular weight is 341 g/mol. The smallest absolute Gasteiger partial charge is 0.258 e. The molecule has 110 valence electrons. The molecule has 1 aromatic carbocycles. The number of anilines is 2. The van der Waals surface area contributed by atoms with Crippen molar-refractivity contribution in [2.75, 3.05) is 11.1 Å². The second-order valence-electron chi connectivity index (χ2n) is 5.03. The van der Waals surface area contributed by atoms with Crippen LogP contribution in [0.5, 0.6) is 0 Å². The van der Waals surface area contributed by atoms with Gasteiger partial charge in [-0.15, -0.1) is 11.3 Å². The Kier molecular flexibility index (Phi) is 4.11. The van der Waals surface area contributed by atoms with Crippen molar-refractivity contribution < 1.29 is 4.79 Å². The molecule has 1 aliphatic rings. The first-order valence-electron chi connectivity index (χ1n) is 6.72. The summed E-state index contributed by atoms with van der Waals surface area (Å²) in [6.45, 7) is 0. The summed E-state index contributed by atoms with van der Waals surface area (Å²) < 4.78 is 0. The SMILES string of the molecule is Nc1sc2c(c1C(=O)Nc1ccc(Cl)cc1Cl)CCCC2. The highest BCUT2D eigenvalue weighted by Gasteiger charge is 2.24. The quantitative estimate of drug-likeness (QED) is 0.827. The van der Waals surface area contributed by atoms with Crippen LogP contribution < -0.4 is 11.1 Å². The summed E-state index contributed by atoms with van der Waals surface area (Å²) in [7, 11) is 0. The molecular formula is C15H14Cl2N2OS. The molecule has 2 aromatic rings. The van der Waals surface area contributed by atoms with Gasteiger partial charge in [-0.2, -0.15) is 0 Å². The molecule has 0 saturated carbocycles. The Morgan fingerprint density at radius 2 is 2.00 bits per heavy atom. The fourth-order valence-corrected chi connectivity index (χ4v) is 4.22. The molecule has 0 fully saturated rings. The Hall–Kier alpha value is -1.23. The number of thiophene rings is 1. The van der Waals surface area contributed by atoms with Gasteiger partial charge in [-0.05, 0) is 49.4 Å². The number of aryl methyl sites for hydroxylation is 1. The summed E-state index contributed by atoms with van der Waals surface area (Å²) in [5.74, 6) is -0.198. The highest BCUT2D eigenvalue weighted by atomic mass is 35.5. The van der Waals surface area contributed by atoms with Crippen molar-refractivity contribution in [3.63, 3.8) is 0 Å². The number of hydrogen-bond donors (Lipinski definition) is 2. The number of rotatable bonds is 2. The number of carbonyl (C=O) groups is 1. The first kappa shape index (κ1) is 14.7. The van der Waals surface area contributed by atoms with Crippen molar-refractivity contribution in [1.82, 2.24) is 0 Å². The molecular weight excluding hydrogens is 327 g/mol. The fourth-order valence-electron chi connectivity index (χ4n) is 2.61. The van der Waals surface area contributed by atoms with E-state index in [9.17, 15) is 4.79 Å². The lowest BCUT2D eigenvalue weighted by Gasteiger charge is -2.13. The molecule has 1 amide bonds. The van der Waals surface area contributed by atoms with Crippen molar-refractivity contribution in [2.45, 2.75) is 25.7 Å². The highest BCUT2D eigenvalue weighted by molar-refractivity contribution is 7.16. The average Bonchev–Trinajstić information content (AvgIpc) is 2.77. The van der Waals surface area contributed by atoms with Crippen LogP contribution >= 0.6 is 34.5 Å². The molecule has 0 spiro atoms. The molecule has 1 aromatic heterocycles. The van der Waals surface area contributed by atoms with E-state index in [1.54, 1.807) is 18.2 Å². The van der Waals surface area contributed by atoms with Gasteiger partial charge in [0.2, 0.25) is 0 Å². The van der Waals surface area contributed by atoms with Crippen molar-refractivity contribution in [3.8, 4) is 0 Å². The number of nitrogens with one attached hydrogen (secondary N) is 1. The van der Waals surface area contributed by atoms with E-state index in [1.165, 1.54) is 16.2 Å². The molecule has 0 bridgehead atoms. The van der Waals surface area contributed by atoms with Crippen molar-refractivity contribution in [2.24, 2.45) is 0 Å². The van der Waals surface area contributed by atoms with E-state index in [4.69, 9.17) is 28.9 Å². The van der Waals surface area contributed by atoms with E-state index in [0.29, 0.717) is 26.3 Å². The summed E-state index contributed by atoms with van der Waals surface area (Å²) in [6, 6.07) is 4.98. The predicted octanol–water partition coefficient (Wildman–Crippen LogP) is 4.77. The van der Waals surface area contributed by atoms with E-state index in [1.807, 2.05) is 0 Å². The fraction of sp³-hybridized carbons (Fsp3) is 0.267. The maximum absolute atomic E-state index is 12.5. The Morgan fingerprint density at radius 3 is 2.76 bits per heavy atom. The standard InChI is InChI=1S/C15H14Cl2N2OS/c16-8-5-6-11(10(17)7-8)19-15(20)13-9-3-1-2-4-12(9)21-14(13)18/h5-7H,1-4,18H2,(H,19,20). The molecule has 0 aliphatic heterocycles. The molecule has 3 rings (SSSR count). The third kappa shape index (κ3) is 2.89. The van der Waals surface area contributed by atoms with Crippen LogP contribution in [0.15, 0.2) is 18.2 Å². The zero-order chi connectivity index (χ0) is 15.0. The Labute approximate surface area is 137 Å². The largest absolute Gasteiger partial charge is 0.390 e. The van der Waals surface area contributed by atoms with Gasteiger partial charge in [0, 0.05) is 9.90 Å². The van der Waals surface area contributed by atoms with Crippen LogP contribution in [-0.2, 0) is 12.8 Å². The number of benzene rings is 1. The Bertz CT molecular complexity index is 712. The number of fused-ring (bicyclic) bond motifs is 1. The Balaban J connectivity index is 1.90. The van der Waals surface area contributed by atoms with Crippen LogP contribution in [0.25, 0.3) is 0 Å². The number of nitrogen functional groups attached to an aromatic ring is 1. The predicted molar refractivity (Wildman–Crippen MR) is 89.8 cm³/mol. The third-order valence-corrected chi connectivity index (χ3v) is 5.27. The van der Waals surface area contributed by atoms with Gasteiger partial charge in [-0.1, -0.05) is 23.2 Å². The summed E-state index contributed by atoms with van der Waals surface area (Å²) in [5.41, 5.74) is 8.30. The van der Waals surface area contributed by atoms with Gasteiger partial charge in [0.05, 0.1) is 21.3 Å². The summed E-state index contributed by atoms with van der Waals surface area (Å²) in [6.07, 6.45) is 4.20. The molecule has 1 heterocycles. The van der Waals surface area contributed by atoms with Gasteiger partial charge < -0.3 is 11.1 Å². The molecule has 3 N–H and O–H groups in total. The van der Waals surface area contributed by atoms with Gasteiger partial charge >= 0.3 is 0 Å². The number of nitrogens with two attached hydrogens (primary N) is 1. The second kappa shape index (κ2) is 5.87.